The van der Waals surface area contributed by atoms with Crippen LogP contribution in [0.25, 0.3) is 5.65 Å². The zero-order valence-corrected chi connectivity index (χ0v) is 8.94. The molecule has 5 nitrogen and oxygen atoms in total. The van der Waals surface area contributed by atoms with Crippen LogP contribution in [0.3, 0.4) is 0 Å². The maximum absolute atomic E-state index is 5.87. The average Bonchev–Trinajstić information content (AvgIpc) is 2.60. The van der Waals surface area contributed by atoms with E-state index >= 15 is 0 Å². The van der Waals surface area contributed by atoms with E-state index in [0.717, 1.165) is 11.5 Å². The molecule has 0 unspecified atom stereocenters. The van der Waals surface area contributed by atoms with Gasteiger partial charge in [-0.3, -0.25) is 0 Å². The number of hydrogen-bond acceptors (Lipinski definition) is 4. The fourth-order valence-electron chi connectivity index (χ4n) is 1.23. The molecule has 5 heteroatoms. The summed E-state index contributed by atoms with van der Waals surface area (Å²) in [5.74, 6) is 0.821. The third kappa shape index (κ3) is 2.44. The minimum absolute atomic E-state index is 0.242. The Morgan fingerprint density at radius 3 is 3.00 bits per heavy atom. The van der Waals surface area contributed by atoms with E-state index in [1.807, 2.05) is 32.2 Å². The highest BCUT2D eigenvalue weighted by molar-refractivity contribution is 5.45. The number of nitrogens with one attached hydrogen (secondary N) is 1. The Bertz CT molecular complexity index is 454. The van der Waals surface area contributed by atoms with Crippen molar-refractivity contribution >= 4 is 11.5 Å². The second-order valence-electron chi connectivity index (χ2n) is 4.29. The number of nitrogens with zero attached hydrogens (tertiary/aromatic N) is 3. The number of nitrogens with two attached hydrogens (primary N) is 1. The van der Waals surface area contributed by atoms with Gasteiger partial charge < -0.3 is 11.1 Å². The largest absolute Gasteiger partial charge is 0.368 e. The first-order chi connectivity index (χ1) is 7.04. The van der Waals surface area contributed by atoms with Gasteiger partial charge in [0.2, 0.25) is 0 Å². The Labute approximate surface area is 88.3 Å². The third-order valence-corrected chi connectivity index (χ3v) is 1.98. The van der Waals surface area contributed by atoms with Crippen LogP contribution in [0.2, 0.25) is 0 Å². The maximum atomic E-state index is 5.87. The van der Waals surface area contributed by atoms with Crippen LogP contribution in [0.5, 0.6) is 0 Å². The van der Waals surface area contributed by atoms with E-state index < -0.39 is 0 Å². The Morgan fingerprint density at radius 2 is 2.27 bits per heavy atom. The maximum Gasteiger partial charge on any atom is 0.157 e. The van der Waals surface area contributed by atoms with Crippen molar-refractivity contribution in [2.24, 2.45) is 5.73 Å². The van der Waals surface area contributed by atoms with E-state index in [9.17, 15) is 0 Å². The molecule has 0 radical (unpaired) electrons. The Hall–Kier alpha value is -1.62. The van der Waals surface area contributed by atoms with Crippen molar-refractivity contribution in [1.29, 1.82) is 0 Å². The molecule has 0 saturated carbocycles. The van der Waals surface area contributed by atoms with Crippen molar-refractivity contribution in [1.82, 2.24) is 14.6 Å². The molecule has 0 amide bonds. The van der Waals surface area contributed by atoms with Gasteiger partial charge in [0.1, 0.15) is 5.82 Å². The number of rotatable bonds is 3. The minimum atomic E-state index is -0.242. The molecule has 0 spiro atoms. The number of fused-ring (bicyclic) bond motifs is 1. The molecule has 0 bridgehead atoms. The Kier molecular flexibility index (Phi) is 2.32. The van der Waals surface area contributed by atoms with Gasteiger partial charge in [0.25, 0.3) is 0 Å². The zero-order chi connectivity index (χ0) is 10.9. The lowest BCUT2D eigenvalue weighted by atomic mass is 10.1. The summed E-state index contributed by atoms with van der Waals surface area (Å²) in [5, 5.41) is 7.26. The summed E-state index contributed by atoms with van der Waals surface area (Å²) in [7, 11) is 0. The second kappa shape index (κ2) is 3.51. The van der Waals surface area contributed by atoms with Crippen molar-refractivity contribution in [3.05, 3.63) is 24.5 Å². The smallest absolute Gasteiger partial charge is 0.157 e. The highest BCUT2D eigenvalue weighted by atomic mass is 15.2. The highest BCUT2D eigenvalue weighted by Crippen LogP contribution is 2.07. The molecule has 2 aromatic rings. The van der Waals surface area contributed by atoms with Crippen LogP contribution in [0.4, 0.5) is 5.82 Å². The lowest BCUT2D eigenvalue weighted by Crippen LogP contribution is -2.39. The van der Waals surface area contributed by atoms with Gasteiger partial charge in [0.15, 0.2) is 5.65 Å². The molecule has 2 heterocycles. The molecule has 0 aliphatic rings. The average molecular weight is 205 g/mol. The first-order valence-electron chi connectivity index (χ1n) is 4.88. The standard InChI is InChI=1S/C10H15N5/c1-10(2,11)7-12-8-4-6-15-9(14-8)3-5-13-15/h3-6H,7,11H2,1-2H3,(H,12,14). The SMILES string of the molecule is CC(C)(N)CNc1ccn2nccc2n1. The summed E-state index contributed by atoms with van der Waals surface area (Å²) < 4.78 is 1.72. The Morgan fingerprint density at radius 1 is 1.47 bits per heavy atom. The molecule has 2 rings (SSSR count). The van der Waals surface area contributed by atoms with E-state index in [2.05, 4.69) is 15.4 Å². The first-order valence-corrected chi connectivity index (χ1v) is 4.88. The summed E-state index contributed by atoms with van der Waals surface area (Å²) >= 11 is 0. The van der Waals surface area contributed by atoms with E-state index in [1.165, 1.54) is 0 Å². The third-order valence-electron chi connectivity index (χ3n) is 1.98. The molecule has 0 fully saturated rings. The fourth-order valence-corrected chi connectivity index (χ4v) is 1.23. The van der Waals surface area contributed by atoms with Crippen molar-refractivity contribution in [2.75, 3.05) is 11.9 Å². The van der Waals surface area contributed by atoms with E-state index in [1.54, 1.807) is 10.7 Å². The van der Waals surface area contributed by atoms with Gasteiger partial charge in [0, 0.05) is 24.3 Å². The van der Waals surface area contributed by atoms with Crippen LogP contribution in [-0.2, 0) is 0 Å². The van der Waals surface area contributed by atoms with Gasteiger partial charge in [0.05, 0.1) is 6.20 Å². The van der Waals surface area contributed by atoms with Gasteiger partial charge in [-0.1, -0.05) is 0 Å². The molecule has 0 aromatic carbocycles. The van der Waals surface area contributed by atoms with Crippen LogP contribution in [0, 0.1) is 0 Å². The quantitative estimate of drug-likeness (QED) is 0.780. The molecule has 0 saturated heterocycles. The van der Waals surface area contributed by atoms with Crippen LogP contribution >= 0.6 is 0 Å². The second-order valence-corrected chi connectivity index (χ2v) is 4.29. The lowest BCUT2D eigenvalue weighted by Gasteiger charge is -2.19. The normalized spacial score (nSPS) is 11.9. The van der Waals surface area contributed by atoms with Gasteiger partial charge in [-0.15, -0.1) is 0 Å². The molecule has 80 valence electrons. The van der Waals surface area contributed by atoms with Crippen molar-refractivity contribution < 1.29 is 0 Å². The van der Waals surface area contributed by atoms with Gasteiger partial charge in [-0.25, -0.2) is 9.50 Å². The molecular weight excluding hydrogens is 190 g/mol. The zero-order valence-electron chi connectivity index (χ0n) is 8.94. The molecule has 3 N–H and O–H groups in total. The molecule has 2 aromatic heterocycles. The predicted molar refractivity (Wildman–Crippen MR) is 59.7 cm³/mol. The van der Waals surface area contributed by atoms with Gasteiger partial charge >= 0.3 is 0 Å². The number of hydrogen-bond donors (Lipinski definition) is 2. The van der Waals surface area contributed by atoms with Crippen LogP contribution in [0.1, 0.15) is 13.8 Å². The summed E-state index contributed by atoms with van der Waals surface area (Å²) in [4.78, 5) is 4.37. The lowest BCUT2D eigenvalue weighted by molar-refractivity contribution is 0.548. The molecule has 0 atom stereocenters. The summed E-state index contributed by atoms with van der Waals surface area (Å²) in [5.41, 5.74) is 6.45. The fraction of sp³-hybridized carbons (Fsp3) is 0.400. The van der Waals surface area contributed by atoms with E-state index in [0.29, 0.717) is 6.54 Å². The topological polar surface area (TPSA) is 68.2 Å². The molecular formula is C10H15N5. The van der Waals surface area contributed by atoms with Crippen LogP contribution in [-0.4, -0.2) is 26.7 Å². The number of aromatic nitrogens is 3. The number of anilines is 1. The summed E-state index contributed by atoms with van der Waals surface area (Å²) in [6.07, 6.45) is 3.59. The van der Waals surface area contributed by atoms with Crippen molar-refractivity contribution in [2.45, 2.75) is 19.4 Å². The summed E-state index contributed by atoms with van der Waals surface area (Å²) in [6.45, 7) is 4.62. The highest BCUT2D eigenvalue weighted by Gasteiger charge is 2.10. The van der Waals surface area contributed by atoms with Gasteiger partial charge in [-0.2, -0.15) is 5.10 Å². The first kappa shape index (κ1) is 9.92. The van der Waals surface area contributed by atoms with Crippen molar-refractivity contribution in [3.8, 4) is 0 Å². The molecule has 0 aliphatic heterocycles. The van der Waals surface area contributed by atoms with E-state index in [4.69, 9.17) is 5.73 Å². The van der Waals surface area contributed by atoms with Gasteiger partial charge in [-0.05, 0) is 19.9 Å². The Balaban J connectivity index is 2.15. The van der Waals surface area contributed by atoms with Crippen LogP contribution < -0.4 is 11.1 Å². The minimum Gasteiger partial charge on any atom is -0.368 e. The monoisotopic (exact) mass is 205 g/mol. The molecule has 0 aliphatic carbocycles. The predicted octanol–water partition coefficient (Wildman–Crippen LogP) is 0.878. The molecule has 15 heavy (non-hydrogen) atoms. The van der Waals surface area contributed by atoms with E-state index in [-0.39, 0.29) is 5.54 Å². The summed E-state index contributed by atoms with van der Waals surface area (Å²) in [6, 6.07) is 3.74. The van der Waals surface area contributed by atoms with Crippen molar-refractivity contribution in [3.63, 3.8) is 0 Å². The van der Waals surface area contributed by atoms with Crippen LogP contribution in [0.15, 0.2) is 24.5 Å².